The van der Waals surface area contributed by atoms with Crippen LogP contribution in [0.3, 0.4) is 0 Å². The Bertz CT molecular complexity index is 1320. The molecule has 10 heteroatoms. The Kier molecular flexibility index (Phi) is 6.85. The molecule has 2 saturated heterocycles. The molecule has 4 heterocycles. The van der Waals surface area contributed by atoms with Crippen molar-refractivity contribution in [3.05, 3.63) is 54.2 Å². The number of carbonyl (C=O) groups is 2. The van der Waals surface area contributed by atoms with E-state index in [0.717, 1.165) is 22.9 Å². The zero-order valence-corrected chi connectivity index (χ0v) is 22.5. The van der Waals surface area contributed by atoms with E-state index in [4.69, 9.17) is 0 Å². The molecule has 1 aromatic carbocycles. The first-order valence-corrected chi connectivity index (χ1v) is 13.2. The number of likely N-dealkylation sites (tertiary alicyclic amines) is 1. The first-order chi connectivity index (χ1) is 18.1. The number of rotatable bonds is 6. The van der Waals surface area contributed by atoms with Crippen LogP contribution >= 0.6 is 0 Å². The second kappa shape index (κ2) is 9.98. The topological polar surface area (TPSA) is 106 Å². The van der Waals surface area contributed by atoms with Crippen LogP contribution in [0.1, 0.15) is 45.6 Å². The molecule has 2 fully saturated rings. The summed E-state index contributed by atoms with van der Waals surface area (Å²) in [5, 5.41) is 6.90. The first-order valence-electron chi connectivity index (χ1n) is 13.2. The van der Waals surface area contributed by atoms with Gasteiger partial charge in [0.25, 0.3) is 0 Å². The maximum Gasteiger partial charge on any atom is 0.246 e. The van der Waals surface area contributed by atoms with Gasteiger partial charge in [0.05, 0.1) is 18.1 Å². The maximum absolute atomic E-state index is 14.2. The van der Waals surface area contributed by atoms with E-state index in [2.05, 4.69) is 30.5 Å². The molecule has 2 aromatic heterocycles. The fourth-order valence-electron chi connectivity index (χ4n) is 5.93. The van der Waals surface area contributed by atoms with Gasteiger partial charge in [0.15, 0.2) is 0 Å². The number of anilines is 1. The van der Waals surface area contributed by atoms with E-state index in [9.17, 15) is 14.0 Å². The van der Waals surface area contributed by atoms with Gasteiger partial charge in [-0.3, -0.25) is 9.59 Å². The summed E-state index contributed by atoms with van der Waals surface area (Å²) in [6.45, 7) is 8.87. The van der Waals surface area contributed by atoms with Crippen molar-refractivity contribution in [3.8, 4) is 0 Å². The minimum absolute atomic E-state index is 0.0179. The van der Waals surface area contributed by atoms with Gasteiger partial charge in [-0.05, 0) is 55.6 Å². The van der Waals surface area contributed by atoms with Crippen molar-refractivity contribution >= 4 is 28.7 Å². The molecule has 2 amide bonds. The average molecular weight is 522 g/mol. The Morgan fingerprint density at radius 2 is 1.95 bits per heavy atom. The lowest BCUT2D eigenvalue weighted by Crippen LogP contribution is -2.59. The molecule has 0 radical (unpaired) electrons. The minimum atomic E-state index is -0.690. The Labute approximate surface area is 222 Å². The summed E-state index contributed by atoms with van der Waals surface area (Å²) in [6, 6.07) is 5.30. The van der Waals surface area contributed by atoms with Gasteiger partial charge in [0.2, 0.25) is 17.8 Å². The highest BCUT2D eigenvalue weighted by molar-refractivity contribution is 5.91. The summed E-state index contributed by atoms with van der Waals surface area (Å²) < 4.78 is 13.9. The van der Waals surface area contributed by atoms with Crippen LogP contribution in [0, 0.1) is 11.2 Å². The number of aromatic nitrogens is 3. The lowest BCUT2D eigenvalue weighted by atomic mass is 9.84. The van der Waals surface area contributed by atoms with Crippen LogP contribution in [0.25, 0.3) is 10.9 Å². The number of aromatic amines is 1. The highest BCUT2D eigenvalue weighted by Crippen LogP contribution is 2.44. The first kappa shape index (κ1) is 26.1. The molecule has 5 unspecified atom stereocenters. The van der Waals surface area contributed by atoms with Crippen molar-refractivity contribution in [2.24, 2.45) is 5.41 Å². The summed E-state index contributed by atoms with van der Waals surface area (Å²) >= 11 is 0. The van der Waals surface area contributed by atoms with Crippen molar-refractivity contribution in [2.45, 2.75) is 64.2 Å². The number of H-pyrrole nitrogens is 1. The van der Waals surface area contributed by atoms with Crippen LogP contribution in [0.5, 0.6) is 0 Å². The Hall–Kier alpha value is -3.53. The summed E-state index contributed by atoms with van der Waals surface area (Å²) in [5.41, 5.74) is 1.27. The molecule has 0 saturated carbocycles. The molecule has 0 spiro atoms. The van der Waals surface area contributed by atoms with Crippen molar-refractivity contribution in [3.63, 3.8) is 0 Å². The predicted octanol–water partition coefficient (Wildman–Crippen LogP) is 2.81. The van der Waals surface area contributed by atoms with Gasteiger partial charge in [-0.25, -0.2) is 14.4 Å². The number of fused-ring (bicyclic) bond motifs is 2. The second-order valence-corrected chi connectivity index (χ2v) is 11.4. The van der Waals surface area contributed by atoms with Gasteiger partial charge in [0, 0.05) is 48.5 Å². The fraction of sp³-hybridized carbons (Fsp3) is 0.500. The quantitative estimate of drug-likeness (QED) is 0.461. The number of nitrogens with one attached hydrogen (secondary N) is 3. The molecule has 9 nitrogen and oxygen atoms in total. The molecule has 2 aliphatic heterocycles. The predicted molar refractivity (Wildman–Crippen MR) is 144 cm³/mol. The minimum Gasteiger partial charge on any atom is -0.361 e. The summed E-state index contributed by atoms with van der Waals surface area (Å²) in [5.74, 6) is -0.0201. The van der Waals surface area contributed by atoms with Gasteiger partial charge in [-0.2, -0.15) is 0 Å². The Balaban J connectivity index is 1.53. The van der Waals surface area contributed by atoms with E-state index in [1.54, 1.807) is 38.5 Å². The van der Waals surface area contributed by atoms with E-state index in [-0.39, 0.29) is 35.6 Å². The Morgan fingerprint density at radius 3 is 2.63 bits per heavy atom. The van der Waals surface area contributed by atoms with Crippen LogP contribution in [0.2, 0.25) is 0 Å². The number of hydrogen-bond acceptors (Lipinski definition) is 6. The van der Waals surface area contributed by atoms with Crippen molar-refractivity contribution in [2.75, 3.05) is 25.0 Å². The molecule has 0 bridgehead atoms. The summed E-state index contributed by atoms with van der Waals surface area (Å²) in [6.07, 6.45) is 6.15. The summed E-state index contributed by atoms with van der Waals surface area (Å²) in [4.78, 5) is 43.5. The van der Waals surface area contributed by atoms with E-state index in [1.165, 1.54) is 12.1 Å². The normalized spacial score (nSPS) is 22.9. The average Bonchev–Trinajstić information content (AvgIpc) is 3.60. The molecule has 0 aliphatic carbocycles. The van der Waals surface area contributed by atoms with Gasteiger partial charge in [0.1, 0.15) is 11.9 Å². The molecule has 3 N–H and O–H groups in total. The van der Waals surface area contributed by atoms with Crippen LogP contribution in [-0.2, 0) is 9.59 Å². The molecule has 38 heavy (non-hydrogen) atoms. The zero-order valence-electron chi connectivity index (χ0n) is 22.5. The number of likely N-dealkylation sites (N-methyl/N-ethyl adjacent to an activating group) is 1. The Morgan fingerprint density at radius 1 is 1.21 bits per heavy atom. The monoisotopic (exact) mass is 521 g/mol. The molecule has 2 aliphatic rings. The third-order valence-corrected chi connectivity index (χ3v) is 8.02. The molecule has 5 rings (SSSR count). The SMILES string of the molecule is CNC(C)C(=O)NC(C(=O)N1CCC2C1C(c1c[nH]c3cc(F)ccc13)CN2c1ncccn1)C(C)(C)C. The van der Waals surface area contributed by atoms with E-state index in [1.807, 2.05) is 31.9 Å². The lowest BCUT2D eigenvalue weighted by Gasteiger charge is -2.37. The van der Waals surface area contributed by atoms with Gasteiger partial charge >= 0.3 is 0 Å². The van der Waals surface area contributed by atoms with Crippen molar-refractivity contribution in [1.82, 2.24) is 30.5 Å². The molecule has 5 atom stereocenters. The van der Waals surface area contributed by atoms with Crippen LogP contribution in [0.15, 0.2) is 42.9 Å². The number of benzene rings is 1. The zero-order chi connectivity index (χ0) is 27.2. The largest absolute Gasteiger partial charge is 0.361 e. The highest BCUT2D eigenvalue weighted by Gasteiger charge is 2.53. The van der Waals surface area contributed by atoms with Gasteiger partial charge in [-0.15, -0.1) is 0 Å². The third kappa shape index (κ3) is 4.62. The van der Waals surface area contributed by atoms with Crippen LogP contribution < -0.4 is 15.5 Å². The standard InChI is InChI=1S/C28H36FN7O2/c1-16(30-5)25(37)34-24(28(2,3)4)26(38)35-12-9-22-23(35)20(15-36(22)27-31-10-6-11-32-27)19-14-33-21-13-17(29)7-8-18(19)21/h6-8,10-11,13-14,16,20,22-24,30,33H,9,12,15H2,1-5H3,(H,34,37). The third-order valence-electron chi connectivity index (χ3n) is 8.02. The molecule has 202 valence electrons. The number of nitrogens with zero attached hydrogens (tertiary/aromatic N) is 4. The fourth-order valence-corrected chi connectivity index (χ4v) is 5.93. The molecule has 3 aromatic rings. The highest BCUT2D eigenvalue weighted by atomic mass is 19.1. The number of hydrogen-bond donors (Lipinski definition) is 3. The second-order valence-electron chi connectivity index (χ2n) is 11.4. The van der Waals surface area contributed by atoms with E-state index in [0.29, 0.717) is 19.0 Å². The lowest BCUT2D eigenvalue weighted by molar-refractivity contribution is -0.140. The van der Waals surface area contributed by atoms with Crippen LogP contribution in [0.4, 0.5) is 10.3 Å². The number of carbonyl (C=O) groups excluding carboxylic acids is 2. The number of amides is 2. The number of halogens is 1. The maximum atomic E-state index is 14.2. The van der Waals surface area contributed by atoms with Crippen molar-refractivity contribution < 1.29 is 14.0 Å². The van der Waals surface area contributed by atoms with E-state index >= 15 is 0 Å². The molecular weight excluding hydrogens is 485 g/mol. The van der Waals surface area contributed by atoms with Gasteiger partial charge in [-0.1, -0.05) is 20.8 Å². The van der Waals surface area contributed by atoms with Crippen LogP contribution in [-0.4, -0.2) is 76.0 Å². The smallest absolute Gasteiger partial charge is 0.246 e. The van der Waals surface area contributed by atoms with E-state index < -0.39 is 17.5 Å². The van der Waals surface area contributed by atoms with Gasteiger partial charge < -0.3 is 25.4 Å². The molecular formula is C28H36FN7O2. The summed E-state index contributed by atoms with van der Waals surface area (Å²) in [7, 11) is 1.72. The van der Waals surface area contributed by atoms with Crippen molar-refractivity contribution in [1.29, 1.82) is 0 Å².